The molecule has 0 bridgehead atoms. The van der Waals surface area contributed by atoms with Crippen molar-refractivity contribution >= 4 is 18.3 Å². The van der Waals surface area contributed by atoms with E-state index in [-0.39, 0.29) is 18.3 Å². The molecule has 1 aromatic rings. The van der Waals surface area contributed by atoms with Crippen LogP contribution in [0.4, 0.5) is 13.2 Å². The molecule has 0 aromatic heterocycles. The molecule has 1 unspecified atom stereocenters. The van der Waals surface area contributed by atoms with Crippen molar-refractivity contribution in [2.24, 2.45) is 5.73 Å². The van der Waals surface area contributed by atoms with Crippen molar-refractivity contribution in [1.29, 1.82) is 0 Å². The number of benzene rings is 1. The van der Waals surface area contributed by atoms with Gasteiger partial charge in [-0.3, -0.25) is 9.69 Å². The second-order valence-electron chi connectivity index (χ2n) is 6.93. The van der Waals surface area contributed by atoms with Gasteiger partial charge < -0.3 is 10.6 Å². The predicted molar refractivity (Wildman–Crippen MR) is 98.0 cm³/mol. The summed E-state index contributed by atoms with van der Waals surface area (Å²) in [7, 11) is 0. The fourth-order valence-corrected chi connectivity index (χ4v) is 3.20. The SMILES string of the molecule is CCCC(C)(N)C(=O)N1CCN(Cc2cccc(C(F)(F)F)c2)CC1.Cl. The quantitative estimate of drug-likeness (QED) is 0.835. The second kappa shape index (κ2) is 9.06. The highest BCUT2D eigenvalue weighted by Gasteiger charge is 2.34. The van der Waals surface area contributed by atoms with Crippen molar-refractivity contribution in [3.8, 4) is 0 Å². The lowest BCUT2D eigenvalue weighted by atomic mass is 9.95. The first-order valence-electron chi connectivity index (χ1n) is 8.60. The number of nitrogens with two attached hydrogens (primary N) is 1. The number of nitrogens with zero attached hydrogens (tertiary/aromatic N) is 2. The van der Waals surface area contributed by atoms with Crippen LogP contribution < -0.4 is 5.73 Å². The lowest BCUT2D eigenvalue weighted by Gasteiger charge is -2.38. The van der Waals surface area contributed by atoms with Crippen molar-refractivity contribution in [3.63, 3.8) is 0 Å². The molecule has 2 N–H and O–H groups in total. The fourth-order valence-electron chi connectivity index (χ4n) is 3.20. The molecule has 148 valence electrons. The van der Waals surface area contributed by atoms with Gasteiger partial charge >= 0.3 is 6.18 Å². The van der Waals surface area contributed by atoms with Crippen LogP contribution in [0.3, 0.4) is 0 Å². The van der Waals surface area contributed by atoms with Crippen molar-refractivity contribution in [2.75, 3.05) is 26.2 Å². The van der Waals surface area contributed by atoms with Gasteiger partial charge in [0.05, 0.1) is 11.1 Å². The Morgan fingerprint density at radius 1 is 1.19 bits per heavy atom. The lowest BCUT2D eigenvalue weighted by molar-refractivity contribution is -0.139. The molecule has 0 radical (unpaired) electrons. The molecule has 4 nitrogen and oxygen atoms in total. The monoisotopic (exact) mass is 393 g/mol. The van der Waals surface area contributed by atoms with Crippen LogP contribution in [0.25, 0.3) is 0 Å². The first-order valence-corrected chi connectivity index (χ1v) is 8.60. The van der Waals surface area contributed by atoms with Gasteiger partial charge in [-0.15, -0.1) is 12.4 Å². The number of piperazine rings is 1. The third-order valence-electron chi connectivity index (χ3n) is 4.58. The smallest absolute Gasteiger partial charge is 0.339 e. The van der Waals surface area contributed by atoms with Crippen LogP contribution in [-0.2, 0) is 17.5 Å². The van der Waals surface area contributed by atoms with E-state index in [0.717, 1.165) is 12.5 Å². The molecule has 1 saturated heterocycles. The summed E-state index contributed by atoms with van der Waals surface area (Å²) in [6, 6.07) is 5.40. The van der Waals surface area contributed by atoms with Gasteiger partial charge in [0.2, 0.25) is 5.91 Å². The summed E-state index contributed by atoms with van der Waals surface area (Å²) >= 11 is 0. The van der Waals surface area contributed by atoms with E-state index in [9.17, 15) is 18.0 Å². The largest absolute Gasteiger partial charge is 0.416 e. The Bertz CT molecular complexity index is 600. The molecular weight excluding hydrogens is 367 g/mol. The van der Waals surface area contributed by atoms with Crippen LogP contribution in [0.1, 0.15) is 37.8 Å². The molecule has 26 heavy (non-hydrogen) atoms. The molecule has 1 atom stereocenters. The van der Waals surface area contributed by atoms with Gasteiger partial charge in [0, 0.05) is 32.7 Å². The average Bonchev–Trinajstić information content (AvgIpc) is 2.54. The van der Waals surface area contributed by atoms with Crippen LogP contribution in [0.5, 0.6) is 0 Å². The minimum Gasteiger partial charge on any atom is -0.339 e. The van der Waals surface area contributed by atoms with Crippen molar-refractivity contribution in [2.45, 2.75) is 44.9 Å². The standard InChI is InChI=1S/C18H26F3N3O.ClH/c1-3-7-17(2,22)16(25)24-10-8-23(9-11-24)13-14-5-4-6-15(12-14)18(19,20)21;/h4-6,12H,3,7-11,13,22H2,1-2H3;1H. The Morgan fingerprint density at radius 3 is 2.35 bits per heavy atom. The van der Waals surface area contributed by atoms with Crippen LogP contribution in [0.2, 0.25) is 0 Å². The van der Waals surface area contributed by atoms with E-state index < -0.39 is 17.3 Å². The zero-order valence-corrected chi connectivity index (χ0v) is 16.0. The number of rotatable bonds is 5. The zero-order valence-electron chi connectivity index (χ0n) is 15.2. The normalized spacial score (nSPS) is 18.2. The molecule has 1 aliphatic heterocycles. The number of alkyl halides is 3. The Balaban J connectivity index is 0.00000338. The number of carbonyl (C=O) groups is 1. The predicted octanol–water partition coefficient (Wildman–Crippen LogP) is 3.29. The fraction of sp³-hybridized carbons (Fsp3) is 0.611. The minimum atomic E-state index is -4.33. The molecule has 1 aliphatic rings. The maximum absolute atomic E-state index is 12.8. The highest BCUT2D eigenvalue weighted by Crippen LogP contribution is 2.29. The van der Waals surface area contributed by atoms with Crippen molar-refractivity contribution in [1.82, 2.24) is 9.80 Å². The first-order chi connectivity index (χ1) is 11.6. The van der Waals surface area contributed by atoms with E-state index in [2.05, 4.69) is 4.90 Å². The van der Waals surface area contributed by atoms with Crippen LogP contribution >= 0.6 is 12.4 Å². The van der Waals surface area contributed by atoms with Crippen LogP contribution in [0.15, 0.2) is 24.3 Å². The summed E-state index contributed by atoms with van der Waals surface area (Å²) in [5.41, 5.74) is 5.26. The van der Waals surface area contributed by atoms with Crippen LogP contribution in [0, 0.1) is 0 Å². The number of amides is 1. The highest BCUT2D eigenvalue weighted by atomic mass is 35.5. The van der Waals surface area contributed by atoms with Gasteiger partial charge in [-0.05, 0) is 25.0 Å². The third-order valence-corrected chi connectivity index (χ3v) is 4.58. The van der Waals surface area contributed by atoms with E-state index in [1.165, 1.54) is 12.1 Å². The van der Waals surface area contributed by atoms with Gasteiger partial charge in [-0.2, -0.15) is 13.2 Å². The molecule has 0 spiro atoms. The molecule has 1 aromatic carbocycles. The Morgan fingerprint density at radius 2 is 1.81 bits per heavy atom. The summed E-state index contributed by atoms with van der Waals surface area (Å²) in [6.45, 7) is 6.55. The summed E-state index contributed by atoms with van der Waals surface area (Å²) < 4.78 is 38.4. The summed E-state index contributed by atoms with van der Waals surface area (Å²) in [5, 5.41) is 0. The number of halogens is 4. The highest BCUT2D eigenvalue weighted by molar-refractivity contribution is 5.86. The molecule has 8 heteroatoms. The first kappa shape index (κ1) is 22.7. The Kier molecular flexibility index (Phi) is 7.92. The molecule has 2 rings (SSSR count). The van der Waals surface area contributed by atoms with E-state index >= 15 is 0 Å². The van der Waals surface area contributed by atoms with Gasteiger partial charge in [0.25, 0.3) is 0 Å². The maximum atomic E-state index is 12.8. The van der Waals surface area contributed by atoms with Gasteiger partial charge in [0.15, 0.2) is 0 Å². The molecule has 1 amide bonds. The number of carbonyl (C=O) groups excluding carboxylic acids is 1. The van der Waals surface area contributed by atoms with E-state index in [0.29, 0.717) is 44.7 Å². The Hall–Kier alpha value is -1.31. The summed E-state index contributed by atoms with van der Waals surface area (Å²) in [4.78, 5) is 16.3. The summed E-state index contributed by atoms with van der Waals surface area (Å²) in [6.07, 6.45) is -2.85. The zero-order chi connectivity index (χ0) is 18.7. The molecule has 1 fully saturated rings. The molecule has 0 saturated carbocycles. The number of hydrogen-bond acceptors (Lipinski definition) is 3. The lowest BCUT2D eigenvalue weighted by Crippen LogP contribution is -2.58. The maximum Gasteiger partial charge on any atom is 0.416 e. The van der Waals surface area contributed by atoms with Gasteiger partial charge in [-0.1, -0.05) is 31.5 Å². The second-order valence-corrected chi connectivity index (χ2v) is 6.93. The molecular formula is C18H27ClF3N3O. The topological polar surface area (TPSA) is 49.6 Å². The van der Waals surface area contributed by atoms with Crippen molar-refractivity contribution in [3.05, 3.63) is 35.4 Å². The van der Waals surface area contributed by atoms with Gasteiger partial charge in [-0.25, -0.2) is 0 Å². The minimum absolute atomic E-state index is 0. The summed E-state index contributed by atoms with van der Waals surface area (Å²) in [5.74, 6) is -0.0481. The van der Waals surface area contributed by atoms with E-state index in [1.54, 1.807) is 17.9 Å². The molecule has 0 aliphatic carbocycles. The van der Waals surface area contributed by atoms with E-state index in [4.69, 9.17) is 5.73 Å². The average molecular weight is 394 g/mol. The Labute approximate surface area is 158 Å². The van der Waals surface area contributed by atoms with Gasteiger partial charge in [0.1, 0.15) is 0 Å². The van der Waals surface area contributed by atoms with Crippen molar-refractivity contribution < 1.29 is 18.0 Å². The van der Waals surface area contributed by atoms with E-state index in [1.807, 2.05) is 6.92 Å². The third kappa shape index (κ3) is 5.86. The molecule has 1 heterocycles. The van der Waals surface area contributed by atoms with Crippen LogP contribution in [-0.4, -0.2) is 47.4 Å². The number of hydrogen-bond donors (Lipinski definition) is 1.